The number of halogens is 2. The highest BCUT2D eigenvalue weighted by Crippen LogP contribution is 2.24. The summed E-state index contributed by atoms with van der Waals surface area (Å²) in [4.78, 5) is 7.31. The van der Waals surface area contributed by atoms with Crippen molar-refractivity contribution >= 4 is 41.5 Å². The van der Waals surface area contributed by atoms with Gasteiger partial charge in [0.2, 0.25) is 0 Å². The van der Waals surface area contributed by atoms with Crippen LogP contribution in [0.4, 0.5) is 0 Å². The van der Waals surface area contributed by atoms with Gasteiger partial charge in [0.05, 0.1) is 25.8 Å². The summed E-state index contributed by atoms with van der Waals surface area (Å²) in [5.74, 6) is 0.841. The van der Waals surface area contributed by atoms with Crippen molar-refractivity contribution in [1.29, 1.82) is 0 Å². The topological polar surface area (TPSA) is 66.7 Å². The van der Waals surface area contributed by atoms with Crippen LogP contribution < -0.4 is 10.6 Å². The second-order valence-corrected chi connectivity index (χ2v) is 7.42. The Morgan fingerprint density at radius 2 is 2.10 bits per heavy atom. The smallest absolute Gasteiger partial charge is 0.191 e. The third kappa shape index (κ3) is 8.05. The number of hydrogen-bond acceptors (Lipinski definition) is 4. The standard InChI is InChI=1S/C21H31ClN6O.HI/c1-2-23-21(24-8-4-10-28-11-5-9-26-28)25-17-20(27-12-14-29-15-13-27)18-6-3-7-19(22)16-18;/h3,5-7,9,11,16,20H,2,4,8,10,12-15,17H2,1H3,(H2,23,24,25);1H. The molecule has 2 N–H and O–H groups in total. The number of rotatable bonds is 9. The van der Waals surface area contributed by atoms with Crippen LogP contribution in [0.3, 0.4) is 0 Å². The molecular weight excluding hydrogens is 515 g/mol. The molecule has 0 saturated carbocycles. The van der Waals surface area contributed by atoms with E-state index in [0.717, 1.165) is 63.3 Å². The maximum absolute atomic E-state index is 6.26. The lowest BCUT2D eigenvalue weighted by atomic mass is 10.0. The fourth-order valence-electron chi connectivity index (χ4n) is 3.43. The van der Waals surface area contributed by atoms with Gasteiger partial charge in [-0.1, -0.05) is 23.7 Å². The lowest BCUT2D eigenvalue weighted by Crippen LogP contribution is -2.42. The van der Waals surface area contributed by atoms with Crippen molar-refractivity contribution in [1.82, 2.24) is 25.3 Å². The van der Waals surface area contributed by atoms with Gasteiger partial charge in [0.1, 0.15) is 0 Å². The number of aromatic nitrogens is 2. The molecule has 1 unspecified atom stereocenters. The summed E-state index contributed by atoms with van der Waals surface area (Å²) in [7, 11) is 0. The van der Waals surface area contributed by atoms with Crippen molar-refractivity contribution in [3.8, 4) is 0 Å². The number of nitrogens with one attached hydrogen (secondary N) is 2. The van der Waals surface area contributed by atoms with Crippen molar-refractivity contribution in [2.75, 3.05) is 45.9 Å². The number of aliphatic imine (C=N–C) groups is 1. The molecule has 1 atom stereocenters. The molecule has 1 aliphatic rings. The van der Waals surface area contributed by atoms with Crippen LogP contribution in [0.25, 0.3) is 0 Å². The molecule has 1 aromatic heterocycles. The Morgan fingerprint density at radius 3 is 2.80 bits per heavy atom. The van der Waals surface area contributed by atoms with Crippen molar-refractivity contribution < 1.29 is 4.74 Å². The van der Waals surface area contributed by atoms with E-state index < -0.39 is 0 Å². The van der Waals surface area contributed by atoms with Gasteiger partial charge >= 0.3 is 0 Å². The van der Waals surface area contributed by atoms with Crippen LogP contribution in [0.2, 0.25) is 5.02 Å². The van der Waals surface area contributed by atoms with Crippen LogP contribution in [0, 0.1) is 0 Å². The summed E-state index contributed by atoms with van der Waals surface area (Å²) in [5.41, 5.74) is 1.19. The molecule has 166 valence electrons. The van der Waals surface area contributed by atoms with E-state index in [-0.39, 0.29) is 30.0 Å². The average Bonchev–Trinajstić information content (AvgIpc) is 3.26. The average molecular weight is 547 g/mol. The summed E-state index contributed by atoms with van der Waals surface area (Å²) in [5, 5.41) is 11.8. The van der Waals surface area contributed by atoms with Crippen LogP contribution in [-0.2, 0) is 11.3 Å². The molecule has 1 fully saturated rings. The van der Waals surface area contributed by atoms with E-state index in [1.54, 1.807) is 6.20 Å². The first kappa shape index (κ1) is 24.9. The molecule has 2 heterocycles. The molecule has 0 radical (unpaired) electrons. The van der Waals surface area contributed by atoms with Gasteiger partial charge in [-0.15, -0.1) is 24.0 Å². The zero-order chi connectivity index (χ0) is 20.3. The van der Waals surface area contributed by atoms with Crippen LogP contribution in [0.15, 0.2) is 47.7 Å². The maximum atomic E-state index is 6.26. The number of ether oxygens (including phenoxy) is 1. The van der Waals surface area contributed by atoms with Crippen molar-refractivity contribution in [3.05, 3.63) is 53.3 Å². The Bertz CT molecular complexity index is 752. The highest BCUT2D eigenvalue weighted by molar-refractivity contribution is 14.0. The van der Waals surface area contributed by atoms with Crippen molar-refractivity contribution in [2.45, 2.75) is 25.9 Å². The number of benzene rings is 1. The second-order valence-electron chi connectivity index (χ2n) is 6.99. The first-order valence-corrected chi connectivity index (χ1v) is 10.7. The third-order valence-corrected chi connectivity index (χ3v) is 5.14. The zero-order valence-corrected chi connectivity index (χ0v) is 20.6. The molecule has 30 heavy (non-hydrogen) atoms. The Balaban J connectivity index is 0.00000320. The van der Waals surface area contributed by atoms with Gasteiger partial charge < -0.3 is 15.4 Å². The number of nitrogens with zero attached hydrogens (tertiary/aromatic N) is 4. The molecule has 0 amide bonds. The first-order chi connectivity index (χ1) is 14.3. The summed E-state index contributed by atoms with van der Waals surface area (Å²) < 4.78 is 7.48. The molecule has 1 saturated heterocycles. The van der Waals surface area contributed by atoms with E-state index in [2.05, 4.69) is 33.6 Å². The minimum Gasteiger partial charge on any atom is -0.379 e. The van der Waals surface area contributed by atoms with Gasteiger partial charge in [-0.2, -0.15) is 5.10 Å². The number of morpholine rings is 1. The molecule has 3 rings (SSSR count). The third-order valence-electron chi connectivity index (χ3n) is 4.90. The summed E-state index contributed by atoms with van der Waals surface area (Å²) in [6, 6.07) is 10.2. The van der Waals surface area contributed by atoms with E-state index in [9.17, 15) is 0 Å². The Morgan fingerprint density at radius 1 is 1.27 bits per heavy atom. The van der Waals surface area contributed by atoms with Gasteiger partial charge in [-0.05, 0) is 37.1 Å². The van der Waals surface area contributed by atoms with Crippen molar-refractivity contribution in [2.24, 2.45) is 4.99 Å². The molecule has 9 heteroatoms. The van der Waals surface area contributed by atoms with E-state index in [1.807, 2.05) is 35.1 Å². The van der Waals surface area contributed by atoms with Crippen LogP contribution >= 0.6 is 35.6 Å². The lowest BCUT2D eigenvalue weighted by molar-refractivity contribution is 0.0180. The van der Waals surface area contributed by atoms with Crippen LogP contribution in [0.5, 0.6) is 0 Å². The SMILES string of the molecule is CCNC(=NCC(c1cccc(Cl)c1)N1CCOCC1)NCCCn1cccn1.I. The molecule has 7 nitrogen and oxygen atoms in total. The van der Waals surface area contributed by atoms with E-state index in [1.165, 1.54) is 5.56 Å². The zero-order valence-electron chi connectivity index (χ0n) is 17.5. The Kier molecular flexibility index (Phi) is 11.5. The largest absolute Gasteiger partial charge is 0.379 e. The molecule has 1 aromatic carbocycles. The van der Waals surface area contributed by atoms with Gasteiger partial charge in [0.15, 0.2) is 5.96 Å². The fraction of sp³-hybridized carbons (Fsp3) is 0.524. The monoisotopic (exact) mass is 546 g/mol. The Hall–Kier alpha value is -1.36. The summed E-state index contributed by atoms with van der Waals surface area (Å²) in [6.07, 6.45) is 4.77. The predicted octanol–water partition coefficient (Wildman–Crippen LogP) is 3.17. The second kappa shape index (κ2) is 13.8. The van der Waals surface area contributed by atoms with Gasteiger partial charge in [0.25, 0.3) is 0 Å². The number of hydrogen-bond donors (Lipinski definition) is 2. The predicted molar refractivity (Wildman–Crippen MR) is 133 cm³/mol. The van der Waals surface area contributed by atoms with Crippen LogP contribution in [-0.4, -0.2) is 66.6 Å². The van der Waals surface area contributed by atoms with Crippen LogP contribution in [0.1, 0.15) is 24.9 Å². The lowest BCUT2D eigenvalue weighted by Gasteiger charge is -2.34. The summed E-state index contributed by atoms with van der Waals surface area (Å²) in [6.45, 7) is 8.61. The molecule has 2 aromatic rings. The quantitative estimate of drug-likeness (QED) is 0.219. The summed E-state index contributed by atoms with van der Waals surface area (Å²) >= 11 is 6.26. The molecule has 0 aliphatic carbocycles. The van der Waals surface area contributed by atoms with E-state index in [0.29, 0.717) is 6.54 Å². The molecular formula is C21H32ClIN6O. The maximum Gasteiger partial charge on any atom is 0.191 e. The van der Waals surface area contributed by atoms with Crippen molar-refractivity contribution in [3.63, 3.8) is 0 Å². The first-order valence-electron chi connectivity index (χ1n) is 10.3. The Labute approximate surface area is 201 Å². The fourth-order valence-corrected chi connectivity index (χ4v) is 3.63. The number of aryl methyl sites for hydroxylation is 1. The number of guanidine groups is 1. The highest BCUT2D eigenvalue weighted by Gasteiger charge is 2.22. The molecule has 1 aliphatic heterocycles. The minimum absolute atomic E-state index is 0. The van der Waals surface area contributed by atoms with E-state index >= 15 is 0 Å². The minimum atomic E-state index is 0. The van der Waals surface area contributed by atoms with E-state index in [4.69, 9.17) is 21.3 Å². The van der Waals surface area contributed by atoms with Gasteiger partial charge in [0, 0.05) is 50.1 Å². The molecule has 0 bridgehead atoms. The van der Waals surface area contributed by atoms with Gasteiger partial charge in [-0.25, -0.2) is 0 Å². The van der Waals surface area contributed by atoms with Gasteiger partial charge in [-0.3, -0.25) is 14.6 Å². The highest BCUT2D eigenvalue weighted by atomic mass is 127. The normalized spacial score (nSPS) is 16.0. The molecule has 0 spiro atoms.